The fraction of sp³-hybridized carbons (Fsp3) is 0.750. The standard InChI is InChI=1S/C20H40N8O4/c21-19(22)25-12-8-4-1-2-6-10-16(29)27-15(14-18(31)32)28-17(30)11-7-3-5-9-13-26-20(23)24/h15H,1-14H2,(H,27,29)(H,28,30)(H,31,32)(H4,21,22,25)(H4,23,24,26). The molecule has 0 radical (unpaired) electrons. The summed E-state index contributed by atoms with van der Waals surface area (Å²) in [4.78, 5) is 43.0. The van der Waals surface area contributed by atoms with E-state index in [0.29, 0.717) is 25.9 Å². The van der Waals surface area contributed by atoms with Gasteiger partial charge in [0.15, 0.2) is 11.9 Å². The van der Waals surface area contributed by atoms with Crippen LogP contribution in [0.3, 0.4) is 0 Å². The molecule has 0 aliphatic rings. The maximum absolute atomic E-state index is 12.1. The lowest BCUT2D eigenvalue weighted by Gasteiger charge is -2.18. The summed E-state index contributed by atoms with van der Waals surface area (Å²) < 4.78 is 0. The Morgan fingerprint density at radius 3 is 1.41 bits per heavy atom. The number of amides is 2. The molecule has 0 heterocycles. The second-order valence-corrected chi connectivity index (χ2v) is 7.58. The van der Waals surface area contributed by atoms with Crippen LogP contribution in [0.5, 0.6) is 0 Å². The molecule has 12 heteroatoms. The zero-order valence-corrected chi connectivity index (χ0v) is 18.9. The normalized spacial score (nSPS) is 11.2. The minimum atomic E-state index is -1.10. The third-order valence-electron chi connectivity index (χ3n) is 4.51. The van der Waals surface area contributed by atoms with Crippen molar-refractivity contribution in [3.05, 3.63) is 0 Å². The Bertz CT molecular complexity index is 617. The van der Waals surface area contributed by atoms with Crippen molar-refractivity contribution < 1.29 is 19.5 Å². The van der Waals surface area contributed by atoms with E-state index in [1.807, 2.05) is 0 Å². The van der Waals surface area contributed by atoms with Gasteiger partial charge in [-0.3, -0.25) is 24.4 Å². The van der Waals surface area contributed by atoms with Crippen molar-refractivity contribution in [3.63, 3.8) is 0 Å². The highest BCUT2D eigenvalue weighted by Crippen LogP contribution is 2.06. The summed E-state index contributed by atoms with van der Waals surface area (Å²) in [5, 5.41) is 14.2. The number of guanidine groups is 2. The summed E-state index contributed by atoms with van der Waals surface area (Å²) in [5.41, 5.74) is 21.0. The number of carbonyl (C=O) groups excluding carboxylic acids is 2. The monoisotopic (exact) mass is 456 g/mol. The highest BCUT2D eigenvalue weighted by molar-refractivity contribution is 5.80. The fourth-order valence-corrected chi connectivity index (χ4v) is 2.94. The number of rotatable bonds is 19. The Morgan fingerprint density at radius 2 is 1.03 bits per heavy atom. The Kier molecular flexibility index (Phi) is 16.9. The highest BCUT2D eigenvalue weighted by Gasteiger charge is 2.17. The van der Waals surface area contributed by atoms with Gasteiger partial charge in [-0.1, -0.05) is 32.1 Å². The van der Waals surface area contributed by atoms with Crippen LogP contribution in [0.2, 0.25) is 0 Å². The first kappa shape index (κ1) is 28.9. The molecule has 12 nitrogen and oxygen atoms in total. The molecule has 2 amide bonds. The Hall–Kier alpha value is -3.05. The first-order valence-corrected chi connectivity index (χ1v) is 11.1. The van der Waals surface area contributed by atoms with Crippen molar-refractivity contribution in [2.75, 3.05) is 13.1 Å². The Morgan fingerprint density at radius 1 is 0.656 bits per heavy atom. The second-order valence-electron chi connectivity index (χ2n) is 7.58. The van der Waals surface area contributed by atoms with Gasteiger partial charge in [-0.15, -0.1) is 0 Å². The van der Waals surface area contributed by atoms with E-state index in [2.05, 4.69) is 20.6 Å². The van der Waals surface area contributed by atoms with Gasteiger partial charge in [0.25, 0.3) is 0 Å². The van der Waals surface area contributed by atoms with E-state index in [-0.39, 0.29) is 43.0 Å². The van der Waals surface area contributed by atoms with Crippen LogP contribution in [-0.2, 0) is 14.4 Å². The number of nitrogens with two attached hydrogens (primary N) is 4. The van der Waals surface area contributed by atoms with Crippen LogP contribution in [0.15, 0.2) is 9.98 Å². The van der Waals surface area contributed by atoms with Crippen LogP contribution in [0.1, 0.15) is 77.0 Å². The van der Waals surface area contributed by atoms with Crippen molar-refractivity contribution in [2.24, 2.45) is 32.9 Å². The molecule has 0 aromatic heterocycles. The van der Waals surface area contributed by atoms with Crippen molar-refractivity contribution in [2.45, 2.75) is 83.2 Å². The predicted molar refractivity (Wildman–Crippen MR) is 124 cm³/mol. The molecule has 0 aromatic carbocycles. The minimum absolute atomic E-state index is 0.0652. The number of hydrogen-bond donors (Lipinski definition) is 7. The summed E-state index contributed by atoms with van der Waals surface area (Å²) >= 11 is 0. The first-order chi connectivity index (χ1) is 15.2. The van der Waals surface area contributed by atoms with Crippen LogP contribution in [0.4, 0.5) is 0 Å². The van der Waals surface area contributed by atoms with Crippen molar-refractivity contribution in [3.8, 4) is 0 Å². The Balaban J connectivity index is 4.05. The quantitative estimate of drug-likeness (QED) is 0.0597. The number of nitrogens with one attached hydrogen (secondary N) is 2. The van der Waals surface area contributed by atoms with Gasteiger partial charge >= 0.3 is 5.97 Å². The lowest BCUT2D eigenvalue weighted by molar-refractivity contribution is -0.138. The van der Waals surface area contributed by atoms with Gasteiger partial charge in [0, 0.05) is 25.9 Å². The van der Waals surface area contributed by atoms with Crippen LogP contribution >= 0.6 is 0 Å². The van der Waals surface area contributed by atoms with E-state index in [9.17, 15) is 14.4 Å². The number of nitrogens with zero attached hydrogens (tertiary/aromatic N) is 2. The smallest absolute Gasteiger partial charge is 0.307 e. The minimum Gasteiger partial charge on any atom is -0.481 e. The van der Waals surface area contributed by atoms with E-state index in [1.54, 1.807) is 0 Å². The average Bonchev–Trinajstić information content (AvgIpc) is 2.68. The van der Waals surface area contributed by atoms with Gasteiger partial charge in [-0.2, -0.15) is 0 Å². The van der Waals surface area contributed by atoms with E-state index < -0.39 is 12.1 Å². The predicted octanol–water partition coefficient (Wildman–Crippen LogP) is -0.142. The van der Waals surface area contributed by atoms with E-state index >= 15 is 0 Å². The maximum atomic E-state index is 12.1. The maximum Gasteiger partial charge on any atom is 0.307 e. The fourth-order valence-electron chi connectivity index (χ4n) is 2.94. The third-order valence-corrected chi connectivity index (χ3v) is 4.51. The number of hydrogen-bond acceptors (Lipinski definition) is 5. The molecular weight excluding hydrogens is 416 g/mol. The molecule has 184 valence electrons. The molecule has 0 spiro atoms. The van der Waals surface area contributed by atoms with E-state index in [1.165, 1.54) is 0 Å². The summed E-state index contributed by atoms with van der Waals surface area (Å²) in [6.07, 6.45) is 6.78. The van der Waals surface area contributed by atoms with Crippen LogP contribution in [0.25, 0.3) is 0 Å². The Labute approximate surface area is 189 Å². The molecule has 11 N–H and O–H groups in total. The molecule has 0 aliphatic heterocycles. The van der Waals surface area contributed by atoms with Gasteiger partial charge in [0.05, 0.1) is 6.42 Å². The summed E-state index contributed by atoms with van der Waals surface area (Å²) in [6, 6.07) is 0. The van der Waals surface area contributed by atoms with Crippen LogP contribution in [0, 0.1) is 0 Å². The molecule has 0 saturated carbocycles. The van der Waals surface area contributed by atoms with Crippen LogP contribution < -0.4 is 33.6 Å². The molecule has 1 atom stereocenters. The molecule has 0 aliphatic carbocycles. The molecule has 0 bridgehead atoms. The highest BCUT2D eigenvalue weighted by atomic mass is 16.4. The third kappa shape index (κ3) is 20.2. The summed E-state index contributed by atoms with van der Waals surface area (Å²) in [6.45, 7) is 1.15. The lowest BCUT2D eigenvalue weighted by Crippen LogP contribution is -2.49. The van der Waals surface area contributed by atoms with Gasteiger partial charge in [0.2, 0.25) is 11.8 Å². The first-order valence-electron chi connectivity index (χ1n) is 11.1. The second kappa shape index (κ2) is 18.7. The molecule has 32 heavy (non-hydrogen) atoms. The zero-order valence-electron chi connectivity index (χ0n) is 18.9. The molecule has 0 fully saturated rings. The van der Waals surface area contributed by atoms with Gasteiger partial charge in [-0.05, 0) is 25.7 Å². The zero-order chi connectivity index (χ0) is 24.2. The van der Waals surface area contributed by atoms with E-state index in [0.717, 1.165) is 44.9 Å². The number of unbranched alkanes of at least 4 members (excludes halogenated alkanes) is 7. The van der Waals surface area contributed by atoms with Crippen molar-refractivity contribution in [1.29, 1.82) is 0 Å². The lowest BCUT2D eigenvalue weighted by atomic mass is 10.1. The average molecular weight is 457 g/mol. The number of aliphatic imine (C=N–C) groups is 2. The molecule has 0 saturated heterocycles. The van der Waals surface area contributed by atoms with Crippen molar-refractivity contribution in [1.82, 2.24) is 10.6 Å². The number of carboxylic acids is 1. The largest absolute Gasteiger partial charge is 0.481 e. The van der Waals surface area contributed by atoms with Gasteiger partial charge in [0.1, 0.15) is 6.17 Å². The number of aliphatic carboxylic acids is 1. The summed E-state index contributed by atoms with van der Waals surface area (Å²) in [7, 11) is 0. The number of carboxylic acid groups (broad SMARTS) is 1. The van der Waals surface area contributed by atoms with Gasteiger partial charge in [-0.25, -0.2) is 0 Å². The molecule has 0 aromatic rings. The summed E-state index contributed by atoms with van der Waals surface area (Å²) in [5.74, 6) is -1.52. The van der Waals surface area contributed by atoms with Gasteiger partial charge < -0.3 is 38.7 Å². The van der Waals surface area contributed by atoms with E-state index in [4.69, 9.17) is 28.0 Å². The SMILES string of the molecule is NC(N)=NCCCCCCCC(=O)NC(CC(=O)O)NC(=O)CCCCCCN=C(N)N. The molecule has 0 rings (SSSR count). The molecule has 1 unspecified atom stereocenters. The van der Waals surface area contributed by atoms with Crippen molar-refractivity contribution >= 4 is 29.7 Å². The topological polar surface area (TPSA) is 224 Å². The van der Waals surface area contributed by atoms with Crippen LogP contribution in [-0.4, -0.2) is 54.1 Å². The molecular formula is C20H40N8O4. The number of carbonyl (C=O) groups is 3.